The van der Waals surface area contributed by atoms with E-state index in [0.29, 0.717) is 5.75 Å². The summed E-state index contributed by atoms with van der Waals surface area (Å²) in [5.41, 5.74) is 5.44. The molecule has 0 amide bonds. The lowest BCUT2D eigenvalue weighted by Crippen LogP contribution is -2.34. The molecule has 1 aliphatic heterocycles. The zero-order valence-electron chi connectivity index (χ0n) is 13.5. The van der Waals surface area contributed by atoms with E-state index < -0.39 is 0 Å². The molecule has 1 aromatic rings. The fourth-order valence-corrected chi connectivity index (χ4v) is 4.01. The van der Waals surface area contributed by atoms with Gasteiger partial charge in [0.1, 0.15) is 5.37 Å². The Kier molecular flexibility index (Phi) is 5.41. The summed E-state index contributed by atoms with van der Waals surface area (Å²) in [7, 11) is 0. The molecule has 1 N–H and O–H groups in total. The fourth-order valence-electron chi connectivity index (χ4n) is 3.19. The predicted molar refractivity (Wildman–Crippen MR) is 98.6 cm³/mol. The van der Waals surface area contributed by atoms with Crippen LogP contribution >= 0.6 is 11.8 Å². The number of nitriles is 2. The first-order chi connectivity index (χ1) is 11.8. The number of thioether (sulfide) groups is 1. The molecule has 24 heavy (non-hydrogen) atoms. The minimum Gasteiger partial charge on any atom is -0.372 e. The van der Waals surface area contributed by atoms with E-state index in [1.807, 2.05) is 18.2 Å². The summed E-state index contributed by atoms with van der Waals surface area (Å²) in [6.07, 6.45) is 8.54. The Morgan fingerprint density at radius 3 is 2.67 bits per heavy atom. The number of allylic oxidation sites excluding steroid dienone is 4. The van der Waals surface area contributed by atoms with Crippen molar-refractivity contribution in [2.45, 2.75) is 31.1 Å². The molecule has 120 valence electrons. The minimum absolute atomic E-state index is 0.123. The highest BCUT2D eigenvalue weighted by atomic mass is 32.2. The minimum atomic E-state index is -0.123. The molecule has 0 saturated carbocycles. The van der Waals surface area contributed by atoms with Gasteiger partial charge in [0.2, 0.25) is 0 Å². The van der Waals surface area contributed by atoms with Crippen LogP contribution in [0.2, 0.25) is 0 Å². The molecule has 0 aromatic heterocycles. The second-order valence-corrected chi connectivity index (χ2v) is 6.93. The van der Waals surface area contributed by atoms with Crippen molar-refractivity contribution in [1.82, 2.24) is 5.32 Å². The van der Waals surface area contributed by atoms with Crippen LogP contribution in [-0.2, 0) is 0 Å². The molecule has 1 heterocycles. The Hall–Kier alpha value is -2.43. The third kappa shape index (κ3) is 3.55. The van der Waals surface area contributed by atoms with E-state index in [2.05, 4.69) is 41.7 Å². The molecule has 0 fully saturated rings. The zero-order chi connectivity index (χ0) is 16.8. The Balaban J connectivity index is 1.99. The second kappa shape index (κ2) is 7.90. The van der Waals surface area contributed by atoms with Gasteiger partial charge in [0, 0.05) is 5.70 Å². The van der Waals surface area contributed by atoms with Crippen molar-refractivity contribution in [1.29, 1.82) is 10.5 Å². The van der Waals surface area contributed by atoms with Crippen molar-refractivity contribution < 1.29 is 0 Å². The van der Waals surface area contributed by atoms with Crippen LogP contribution in [0.3, 0.4) is 0 Å². The van der Waals surface area contributed by atoms with Crippen LogP contribution in [0.1, 0.15) is 31.2 Å². The summed E-state index contributed by atoms with van der Waals surface area (Å²) >= 11 is 1.49. The van der Waals surface area contributed by atoms with Crippen LogP contribution in [0.25, 0.3) is 6.08 Å². The molecule has 1 atom stereocenters. The van der Waals surface area contributed by atoms with E-state index >= 15 is 0 Å². The molecule has 0 radical (unpaired) electrons. The van der Waals surface area contributed by atoms with Crippen LogP contribution in [0.5, 0.6) is 0 Å². The molecule has 1 aromatic carbocycles. The van der Waals surface area contributed by atoms with E-state index in [9.17, 15) is 5.26 Å². The number of hydrogen-bond donors (Lipinski definition) is 1. The van der Waals surface area contributed by atoms with E-state index in [4.69, 9.17) is 5.26 Å². The van der Waals surface area contributed by atoms with Gasteiger partial charge >= 0.3 is 0 Å². The van der Waals surface area contributed by atoms with Crippen molar-refractivity contribution in [2.24, 2.45) is 0 Å². The van der Waals surface area contributed by atoms with E-state index in [0.717, 1.165) is 36.0 Å². The summed E-state index contributed by atoms with van der Waals surface area (Å²) in [5, 5.41) is 22.0. The van der Waals surface area contributed by atoms with Crippen molar-refractivity contribution in [2.75, 3.05) is 5.75 Å². The van der Waals surface area contributed by atoms with Gasteiger partial charge in [-0.3, -0.25) is 0 Å². The van der Waals surface area contributed by atoms with Crippen molar-refractivity contribution in [3.05, 3.63) is 64.4 Å². The van der Waals surface area contributed by atoms with Crippen LogP contribution in [-0.4, -0.2) is 11.1 Å². The van der Waals surface area contributed by atoms with E-state index in [1.54, 1.807) is 0 Å². The summed E-state index contributed by atoms with van der Waals surface area (Å²) in [6.45, 7) is 0. The lowest BCUT2D eigenvalue weighted by Gasteiger charge is -2.32. The Morgan fingerprint density at radius 2 is 1.92 bits per heavy atom. The van der Waals surface area contributed by atoms with Gasteiger partial charge in [0.25, 0.3) is 0 Å². The molecule has 1 unspecified atom stereocenters. The topological polar surface area (TPSA) is 59.6 Å². The zero-order valence-corrected chi connectivity index (χ0v) is 14.3. The molecule has 4 heteroatoms. The highest BCUT2D eigenvalue weighted by molar-refractivity contribution is 8.00. The average molecular weight is 333 g/mol. The van der Waals surface area contributed by atoms with Crippen LogP contribution in [0.4, 0.5) is 0 Å². The summed E-state index contributed by atoms with van der Waals surface area (Å²) < 4.78 is 0. The highest BCUT2D eigenvalue weighted by Crippen LogP contribution is 2.38. The quantitative estimate of drug-likeness (QED) is 0.879. The maximum absolute atomic E-state index is 9.72. The van der Waals surface area contributed by atoms with Crippen LogP contribution in [0.15, 0.2) is 58.8 Å². The Bertz CT molecular complexity index is 775. The highest BCUT2D eigenvalue weighted by Gasteiger charge is 2.29. The molecule has 0 bridgehead atoms. The number of rotatable bonds is 4. The summed E-state index contributed by atoms with van der Waals surface area (Å²) in [5.74, 6) is 0.376. The molecule has 0 spiro atoms. The molecule has 1 aliphatic carbocycles. The average Bonchev–Trinajstić information content (AvgIpc) is 2.64. The van der Waals surface area contributed by atoms with Crippen molar-refractivity contribution in [3.8, 4) is 12.1 Å². The number of nitrogens with one attached hydrogen (secondary N) is 1. The molecule has 0 saturated heterocycles. The van der Waals surface area contributed by atoms with Crippen molar-refractivity contribution in [3.63, 3.8) is 0 Å². The summed E-state index contributed by atoms with van der Waals surface area (Å²) in [6, 6.07) is 14.7. The summed E-state index contributed by atoms with van der Waals surface area (Å²) in [4.78, 5) is 0. The fraction of sp³-hybridized carbons (Fsp3) is 0.300. The smallest absolute Gasteiger partial charge is 0.109 e. The first-order valence-electron chi connectivity index (χ1n) is 8.18. The molecular weight excluding hydrogens is 314 g/mol. The monoisotopic (exact) mass is 333 g/mol. The van der Waals surface area contributed by atoms with Gasteiger partial charge in [-0.1, -0.05) is 42.5 Å². The predicted octanol–water partition coefficient (Wildman–Crippen LogP) is 4.53. The van der Waals surface area contributed by atoms with Gasteiger partial charge in [0.05, 0.1) is 23.5 Å². The first kappa shape index (κ1) is 16.4. The van der Waals surface area contributed by atoms with Gasteiger partial charge in [-0.15, -0.1) is 11.8 Å². The van der Waals surface area contributed by atoms with Crippen LogP contribution in [0, 0.1) is 22.7 Å². The standard InChI is InChI=1S/C20H19N3S/c21-12-13-24-20-18(14-22)16(11-10-15-6-2-1-3-7-15)17-8-4-5-9-19(17)23-20/h1-3,6-7,10-11,20,23H,4-5,8-9,13H2/b11-10+. The Morgan fingerprint density at radius 1 is 1.12 bits per heavy atom. The maximum atomic E-state index is 9.72. The number of benzene rings is 1. The normalized spacial score (nSPS) is 20.3. The molecule has 3 rings (SSSR count). The van der Waals surface area contributed by atoms with Gasteiger partial charge in [-0.2, -0.15) is 10.5 Å². The van der Waals surface area contributed by atoms with E-state index in [-0.39, 0.29) is 5.37 Å². The third-order valence-corrected chi connectivity index (χ3v) is 5.31. The molecular formula is C20H19N3S. The van der Waals surface area contributed by atoms with Gasteiger partial charge < -0.3 is 5.32 Å². The van der Waals surface area contributed by atoms with Gasteiger partial charge in [-0.25, -0.2) is 0 Å². The Labute approximate surface area is 147 Å². The van der Waals surface area contributed by atoms with Crippen molar-refractivity contribution >= 4 is 17.8 Å². The first-order valence-corrected chi connectivity index (χ1v) is 9.23. The molecule has 2 aliphatic rings. The van der Waals surface area contributed by atoms with Crippen LogP contribution < -0.4 is 5.32 Å². The van der Waals surface area contributed by atoms with E-state index in [1.165, 1.54) is 29.5 Å². The number of hydrogen-bond acceptors (Lipinski definition) is 4. The lowest BCUT2D eigenvalue weighted by atomic mass is 9.85. The van der Waals surface area contributed by atoms with Gasteiger partial charge in [0.15, 0.2) is 0 Å². The molecule has 3 nitrogen and oxygen atoms in total. The third-order valence-electron chi connectivity index (χ3n) is 4.33. The SMILES string of the molecule is N#CCSC1NC2=C(CCCC2)C(/C=C/c2ccccc2)=C1C#N. The maximum Gasteiger partial charge on any atom is 0.109 e. The number of nitrogens with zero attached hydrogens (tertiary/aromatic N) is 2. The van der Waals surface area contributed by atoms with Gasteiger partial charge in [-0.05, 0) is 42.4 Å². The largest absolute Gasteiger partial charge is 0.372 e. The lowest BCUT2D eigenvalue weighted by molar-refractivity contribution is 0.612. The number of dihydropyridines is 1. The second-order valence-electron chi connectivity index (χ2n) is 5.84.